The first-order chi connectivity index (χ1) is 9.10. The molecule has 0 aliphatic heterocycles. The Labute approximate surface area is 122 Å². The van der Waals surface area contributed by atoms with E-state index in [1.165, 1.54) is 0 Å². The summed E-state index contributed by atoms with van der Waals surface area (Å²) in [5.41, 5.74) is 5.69. The van der Waals surface area contributed by atoms with Gasteiger partial charge in [0.05, 0.1) is 0 Å². The van der Waals surface area contributed by atoms with Gasteiger partial charge in [0.1, 0.15) is 0 Å². The predicted molar refractivity (Wildman–Crippen MR) is 84.3 cm³/mol. The molecule has 0 spiro atoms. The lowest BCUT2D eigenvalue weighted by Crippen LogP contribution is -2.42. The van der Waals surface area contributed by atoms with Gasteiger partial charge in [-0.15, -0.1) is 0 Å². The fourth-order valence-electron chi connectivity index (χ4n) is 2.91. The highest BCUT2D eigenvalue weighted by atomic mass is 32.2. The quantitative estimate of drug-likeness (QED) is 0.756. The number of hydrogen-bond acceptors (Lipinski definition) is 3. The van der Waals surface area contributed by atoms with Gasteiger partial charge < -0.3 is 11.1 Å². The van der Waals surface area contributed by atoms with Crippen molar-refractivity contribution in [1.29, 1.82) is 0 Å². The van der Waals surface area contributed by atoms with E-state index in [9.17, 15) is 4.79 Å². The molecule has 19 heavy (non-hydrogen) atoms. The van der Waals surface area contributed by atoms with Gasteiger partial charge in [-0.2, -0.15) is 11.8 Å². The standard InChI is InChI=1S/C15H30N2OS/c1-4-15(5-2,19-3)11-17-14(18)13-8-6-12(10-16)7-9-13/h12-13H,4-11,16H2,1-3H3,(H,17,18). The van der Waals surface area contributed by atoms with Crippen LogP contribution < -0.4 is 11.1 Å². The molecule has 0 unspecified atom stereocenters. The summed E-state index contributed by atoms with van der Waals surface area (Å²) in [4.78, 5) is 12.2. The topological polar surface area (TPSA) is 55.1 Å². The third-order valence-electron chi connectivity index (χ3n) is 4.86. The first-order valence-corrected chi connectivity index (χ1v) is 8.86. The molecule has 1 amide bonds. The van der Waals surface area contributed by atoms with Crippen LogP contribution in [-0.4, -0.2) is 30.0 Å². The van der Waals surface area contributed by atoms with Gasteiger partial charge in [0, 0.05) is 17.2 Å². The van der Waals surface area contributed by atoms with E-state index in [2.05, 4.69) is 25.4 Å². The van der Waals surface area contributed by atoms with Gasteiger partial charge in [-0.05, 0) is 57.2 Å². The van der Waals surface area contributed by atoms with Crippen LogP contribution in [-0.2, 0) is 4.79 Å². The molecule has 0 radical (unpaired) electrons. The predicted octanol–water partition coefficient (Wildman–Crippen LogP) is 2.79. The first kappa shape index (κ1) is 16.8. The van der Waals surface area contributed by atoms with E-state index in [1.54, 1.807) is 0 Å². The SMILES string of the molecule is CCC(CC)(CNC(=O)C1CCC(CN)CC1)SC. The van der Waals surface area contributed by atoms with E-state index in [4.69, 9.17) is 5.73 Å². The van der Waals surface area contributed by atoms with Crippen molar-refractivity contribution in [2.45, 2.75) is 57.1 Å². The molecule has 1 rings (SSSR count). The van der Waals surface area contributed by atoms with Gasteiger partial charge >= 0.3 is 0 Å². The fraction of sp³-hybridized carbons (Fsp3) is 0.933. The number of nitrogens with two attached hydrogens (primary N) is 1. The van der Waals surface area contributed by atoms with Gasteiger partial charge in [-0.1, -0.05) is 13.8 Å². The van der Waals surface area contributed by atoms with E-state index in [-0.39, 0.29) is 16.6 Å². The van der Waals surface area contributed by atoms with Crippen LogP contribution in [0.15, 0.2) is 0 Å². The Morgan fingerprint density at radius 3 is 2.26 bits per heavy atom. The Balaban J connectivity index is 2.39. The number of rotatable bonds is 7. The molecule has 0 heterocycles. The summed E-state index contributed by atoms with van der Waals surface area (Å²) < 4.78 is 0.212. The zero-order valence-electron chi connectivity index (χ0n) is 12.7. The first-order valence-electron chi connectivity index (χ1n) is 7.63. The number of nitrogens with one attached hydrogen (secondary N) is 1. The number of thioether (sulfide) groups is 1. The number of amides is 1. The molecule has 0 bridgehead atoms. The average Bonchev–Trinajstić information content (AvgIpc) is 2.49. The van der Waals surface area contributed by atoms with Gasteiger partial charge in [0.2, 0.25) is 5.91 Å². The van der Waals surface area contributed by atoms with E-state index >= 15 is 0 Å². The lowest BCUT2D eigenvalue weighted by molar-refractivity contribution is -0.126. The number of carbonyl (C=O) groups is 1. The molecule has 0 aromatic rings. The van der Waals surface area contributed by atoms with Crippen LogP contribution in [0.25, 0.3) is 0 Å². The molecular weight excluding hydrogens is 256 g/mol. The third kappa shape index (κ3) is 4.67. The maximum Gasteiger partial charge on any atom is 0.223 e. The van der Waals surface area contributed by atoms with Gasteiger partial charge in [-0.3, -0.25) is 4.79 Å². The highest BCUT2D eigenvalue weighted by molar-refractivity contribution is 8.00. The van der Waals surface area contributed by atoms with Crippen LogP contribution in [0.2, 0.25) is 0 Å². The second-order valence-corrected chi connectivity index (χ2v) is 7.04. The lowest BCUT2D eigenvalue weighted by atomic mass is 9.81. The Morgan fingerprint density at radius 1 is 1.26 bits per heavy atom. The fourth-order valence-corrected chi connectivity index (χ4v) is 3.71. The van der Waals surface area contributed by atoms with Crippen molar-refractivity contribution < 1.29 is 4.79 Å². The molecule has 0 aromatic carbocycles. The summed E-state index contributed by atoms with van der Waals surface area (Å²) in [5.74, 6) is 1.12. The molecule has 1 aliphatic rings. The van der Waals surface area contributed by atoms with Gasteiger partial charge in [0.25, 0.3) is 0 Å². The van der Waals surface area contributed by atoms with Gasteiger partial charge in [-0.25, -0.2) is 0 Å². The van der Waals surface area contributed by atoms with Crippen molar-refractivity contribution in [2.24, 2.45) is 17.6 Å². The monoisotopic (exact) mass is 286 g/mol. The minimum atomic E-state index is 0.212. The van der Waals surface area contributed by atoms with Crippen molar-refractivity contribution in [2.75, 3.05) is 19.3 Å². The van der Waals surface area contributed by atoms with Crippen molar-refractivity contribution in [3.63, 3.8) is 0 Å². The van der Waals surface area contributed by atoms with Crippen molar-refractivity contribution in [3.8, 4) is 0 Å². The van der Waals surface area contributed by atoms with Crippen LogP contribution in [0.3, 0.4) is 0 Å². The van der Waals surface area contributed by atoms with E-state index in [0.29, 0.717) is 5.92 Å². The van der Waals surface area contributed by atoms with E-state index in [0.717, 1.165) is 51.6 Å². The summed E-state index contributed by atoms with van der Waals surface area (Å²) in [6.45, 7) is 5.99. The van der Waals surface area contributed by atoms with Crippen LogP contribution in [0.4, 0.5) is 0 Å². The van der Waals surface area contributed by atoms with Crippen molar-refractivity contribution >= 4 is 17.7 Å². The number of carbonyl (C=O) groups excluding carboxylic acids is 1. The van der Waals surface area contributed by atoms with E-state index < -0.39 is 0 Å². The molecular formula is C15H30N2OS. The summed E-state index contributed by atoms with van der Waals surface area (Å²) in [6.07, 6.45) is 8.60. The highest BCUT2D eigenvalue weighted by Crippen LogP contribution is 2.31. The maximum absolute atomic E-state index is 12.2. The van der Waals surface area contributed by atoms with Crippen LogP contribution in [0.1, 0.15) is 52.4 Å². The molecule has 1 saturated carbocycles. The normalized spacial score (nSPS) is 24.2. The Bertz CT molecular complexity index is 263. The van der Waals surface area contributed by atoms with Crippen molar-refractivity contribution in [1.82, 2.24) is 5.32 Å². The molecule has 3 N–H and O–H groups in total. The highest BCUT2D eigenvalue weighted by Gasteiger charge is 2.29. The summed E-state index contributed by atoms with van der Waals surface area (Å²) in [6, 6.07) is 0. The van der Waals surface area contributed by atoms with Gasteiger partial charge in [0.15, 0.2) is 0 Å². The summed E-state index contributed by atoms with van der Waals surface area (Å²) in [5, 5.41) is 3.19. The second kappa shape index (κ2) is 8.15. The molecule has 1 aliphatic carbocycles. The average molecular weight is 286 g/mol. The smallest absolute Gasteiger partial charge is 0.223 e. The lowest BCUT2D eigenvalue weighted by Gasteiger charge is -2.32. The molecule has 0 atom stereocenters. The largest absolute Gasteiger partial charge is 0.354 e. The second-order valence-electron chi connectivity index (χ2n) is 5.77. The maximum atomic E-state index is 12.2. The minimum Gasteiger partial charge on any atom is -0.354 e. The summed E-state index contributed by atoms with van der Waals surface area (Å²) in [7, 11) is 0. The Kier molecular flexibility index (Phi) is 7.22. The molecule has 3 nitrogen and oxygen atoms in total. The zero-order chi connectivity index (χ0) is 14.3. The van der Waals surface area contributed by atoms with E-state index in [1.807, 2.05) is 11.8 Å². The zero-order valence-corrected chi connectivity index (χ0v) is 13.5. The summed E-state index contributed by atoms with van der Waals surface area (Å²) >= 11 is 1.88. The molecule has 1 fully saturated rings. The number of hydrogen-bond donors (Lipinski definition) is 2. The van der Waals surface area contributed by atoms with Crippen LogP contribution in [0, 0.1) is 11.8 Å². The molecule has 0 saturated heterocycles. The van der Waals surface area contributed by atoms with Crippen molar-refractivity contribution in [3.05, 3.63) is 0 Å². The third-order valence-corrected chi connectivity index (χ3v) is 6.45. The van der Waals surface area contributed by atoms with Crippen LogP contribution in [0.5, 0.6) is 0 Å². The molecule has 0 aromatic heterocycles. The molecule has 4 heteroatoms. The Morgan fingerprint density at radius 2 is 1.84 bits per heavy atom. The molecule has 112 valence electrons. The minimum absolute atomic E-state index is 0.212. The Hall–Kier alpha value is -0.220. The van der Waals surface area contributed by atoms with Crippen LogP contribution >= 0.6 is 11.8 Å².